The number of hydrogen-bond acceptors (Lipinski definition) is 1. The molecule has 1 amide bonds. The predicted octanol–water partition coefficient (Wildman–Crippen LogP) is 3.84. The largest absolute Gasteiger partial charge is 0.356 e. The number of aryl methyl sites for hydroxylation is 2. The van der Waals surface area contributed by atoms with Gasteiger partial charge in [-0.15, -0.1) is 11.6 Å². The second kappa shape index (κ2) is 7.68. The Balaban J connectivity index is 1.67. The van der Waals surface area contributed by atoms with Crippen molar-refractivity contribution in [3.63, 3.8) is 0 Å². The lowest BCUT2D eigenvalue weighted by Crippen LogP contribution is -2.31. The van der Waals surface area contributed by atoms with Crippen LogP contribution in [0.4, 0.5) is 0 Å². The number of amides is 1. The van der Waals surface area contributed by atoms with Crippen molar-refractivity contribution < 1.29 is 4.79 Å². The minimum Gasteiger partial charge on any atom is -0.356 e. The maximum Gasteiger partial charge on any atom is 0.220 e. The van der Waals surface area contributed by atoms with Crippen LogP contribution < -0.4 is 5.32 Å². The Hall–Kier alpha value is -1.02. The zero-order valence-electron chi connectivity index (χ0n) is 12.2. The van der Waals surface area contributed by atoms with E-state index in [0.29, 0.717) is 17.7 Å². The number of carbonyl (C=O) groups excluding carboxylic acids is 1. The molecule has 0 bridgehead atoms. The van der Waals surface area contributed by atoms with E-state index in [2.05, 4.69) is 24.4 Å². The molecule has 1 saturated carbocycles. The van der Waals surface area contributed by atoms with Gasteiger partial charge in [-0.05, 0) is 56.1 Å². The molecule has 1 N–H and O–H groups in total. The van der Waals surface area contributed by atoms with Crippen molar-refractivity contribution in [1.82, 2.24) is 5.32 Å². The Morgan fingerprint density at radius 3 is 2.65 bits per heavy atom. The SMILES string of the molecule is Cc1ccccc1CCC(=O)NCC1CCC(Cl)CC1. The summed E-state index contributed by atoms with van der Waals surface area (Å²) in [5, 5.41) is 3.42. The van der Waals surface area contributed by atoms with E-state index in [9.17, 15) is 4.79 Å². The molecule has 20 heavy (non-hydrogen) atoms. The minimum absolute atomic E-state index is 0.168. The van der Waals surface area contributed by atoms with Crippen LogP contribution in [0.25, 0.3) is 0 Å². The molecule has 0 unspecified atom stereocenters. The van der Waals surface area contributed by atoms with E-state index in [1.165, 1.54) is 11.1 Å². The molecule has 1 fully saturated rings. The summed E-state index contributed by atoms with van der Waals surface area (Å²) in [5.74, 6) is 0.786. The number of nitrogens with one attached hydrogen (secondary N) is 1. The lowest BCUT2D eigenvalue weighted by molar-refractivity contribution is -0.121. The molecule has 1 aliphatic rings. The van der Waals surface area contributed by atoms with Gasteiger partial charge in [0.2, 0.25) is 5.91 Å². The van der Waals surface area contributed by atoms with Crippen LogP contribution >= 0.6 is 11.6 Å². The van der Waals surface area contributed by atoms with Crippen molar-refractivity contribution in [3.8, 4) is 0 Å². The standard InChI is InChI=1S/C17H24ClNO/c1-13-4-2-3-5-15(13)8-11-17(20)19-12-14-6-9-16(18)10-7-14/h2-5,14,16H,6-12H2,1H3,(H,19,20). The fraction of sp³-hybridized carbons (Fsp3) is 0.588. The maximum atomic E-state index is 11.9. The van der Waals surface area contributed by atoms with Gasteiger partial charge in [0, 0.05) is 18.3 Å². The first-order valence-corrected chi connectivity index (χ1v) is 8.04. The molecule has 0 atom stereocenters. The molecule has 2 rings (SSSR count). The molecule has 0 aromatic heterocycles. The van der Waals surface area contributed by atoms with E-state index in [4.69, 9.17) is 11.6 Å². The van der Waals surface area contributed by atoms with Gasteiger partial charge in [0.05, 0.1) is 0 Å². The highest BCUT2D eigenvalue weighted by Crippen LogP contribution is 2.26. The first-order chi connectivity index (χ1) is 9.65. The number of alkyl halides is 1. The van der Waals surface area contributed by atoms with Crippen molar-refractivity contribution in [2.45, 2.75) is 50.8 Å². The molecular formula is C17H24ClNO. The zero-order valence-corrected chi connectivity index (χ0v) is 13.0. The average molecular weight is 294 g/mol. The highest BCUT2D eigenvalue weighted by atomic mass is 35.5. The highest BCUT2D eigenvalue weighted by Gasteiger charge is 2.19. The van der Waals surface area contributed by atoms with Gasteiger partial charge in [-0.2, -0.15) is 0 Å². The Kier molecular flexibility index (Phi) is 5.90. The van der Waals surface area contributed by atoms with Gasteiger partial charge in [0.15, 0.2) is 0 Å². The molecule has 1 aliphatic carbocycles. The predicted molar refractivity (Wildman–Crippen MR) is 84.1 cm³/mol. The summed E-state index contributed by atoms with van der Waals surface area (Å²) in [4.78, 5) is 11.9. The molecule has 2 nitrogen and oxygen atoms in total. The number of benzene rings is 1. The summed E-state index contributed by atoms with van der Waals surface area (Å²) in [6.07, 6.45) is 5.87. The molecule has 0 aliphatic heterocycles. The van der Waals surface area contributed by atoms with E-state index in [-0.39, 0.29) is 5.91 Å². The number of carbonyl (C=O) groups is 1. The lowest BCUT2D eigenvalue weighted by Gasteiger charge is -2.25. The lowest BCUT2D eigenvalue weighted by atomic mass is 9.89. The van der Waals surface area contributed by atoms with Gasteiger partial charge in [-0.25, -0.2) is 0 Å². The number of halogens is 1. The van der Waals surface area contributed by atoms with Crippen LogP contribution in [-0.4, -0.2) is 17.8 Å². The summed E-state index contributed by atoms with van der Waals surface area (Å²) in [6.45, 7) is 2.91. The fourth-order valence-electron chi connectivity index (χ4n) is 2.81. The smallest absolute Gasteiger partial charge is 0.220 e. The third-order valence-corrected chi connectivity index (χ3v) is 4.68. The first kappa shape index (κ1) is 15.4. The molecule has 0 radical (unpaired) electrons. The molecule has 1 aromatic rings. The van der Waals surface area contributed by atoms with Crippen LogP contribution in [0, 0.1) is 12.8 Å². The molecule has 1 aromatic carbocycles. The van der Waals surface area contributed by atoms with Gasteiger partial charge in [-0.1, -0.05) is 24.3 Å². The molecule has 0 heterocycles. The van der Waals surface area contributed by atoms with Gasteiger partial charge >= 0.3 is 0 Å². The Morgan fingerprint density at radius 2 is 1.95 bits per heavy atom. The van der Waals surface area contributed by atoms with Crippen LogP contribution in [-0.2, 0) is 11.2 Å². The summed E-state index contributed by atoms with van der Waals surface area (Å²) in [7, 11) is 0. The molecule has 110 valence electrons. The summed E-state index contributed by atoms with van der Waals surface area (Å²) < 4.78 is 0. The van der Waals surface area contributed by atoms with E-state index < -0.39 is 0 Å². The molecule has 0 saturated heterocycles. The molecule has 3 heteroatoms. The Morgan fingerprint density at radius 1 is 1.25 bits per heavy atom. The fourth-order valence-corrected chi connectivity index (χ4v) is 3.06. The van der Waals surface area contributed by atoms with Crippen LogP contribution in [0.1, 0.15) is 43.2 Å². The van der Waals surface area contributed by atoms with Crippen LogP contribution in [0.15, 0.2) is 24.3 Å². The van der Waals surface area contributed by atoms with E-state index in [1.807, 2.05) is 12.1 Å². The van der Waals surface area contributed by atoms with Crippen LogP contribution in [0.3, 0.4) is 0 Å². The quantitative estimate of drug-likeness (QED) is 0.821. The van der Waals surface area contributed by atoms with Gasteiger partial charge in [0.1, 0.15) is 0 Å². The van der Waals surface area contributed by atoms with Crippen molar-refractivity contribution >= 4 is 17.5 Å². The van der Waals surface area contributed by atoms with Crippen molar-refractivity contribution in [2.75, 3.05) is 6.54 Å². The Bertz CT molecular complexity index is 438. The summed E-state index contributed by atoms with van der Waals surface area (Å²) >= 11 is 6.09. The summed E-state index contributed by atoms with van der Waals surface area (Å²) in [6, 6.07) is 8.26. The van der Waals surface area contributed by atoms with E-state index >= 15 is 0 Å². The Labute approximate surface area is 126 Å². The van der Waals surface area contributed by atoms with Gasteiger partial charge in [0.25, 0.3) is 0 Å². The van der Waals surface area contributed by atoms with Crippen molar-refractivity contribution in [1.29, 1.82) is 0 Å². The highest BCUT2D eigenvalue weighted by molar-refractivity contribution is 6.20. The topological polar surface area (TPSA) is 29.1 Å². The third-order valence-electron chi connectivity index (χ3n) is 4.25. The second-order valence-electron chi connectivity index (χ2n) is 5.85. The summed E-state index contributed by atoms with van der Waals surface area (Å²) in [5.41, 5.74) is 2.53. The normalized spacial score (nSPS) is 22.5. The monoisotopic (exact) mass is 293 g/mol. The second-order valence-corrected chi connectivity index (χ2v) is 6.47. The van der Waals surface area contributed by atoms with E-state index in [0.717, 1.165) is 38.6 Å². The maximum absolute atomic E-state index is 11.9. The molecular weight excluding hydrogens is 270 g/mol. The first-order valence-electron chi connectivity index (χ1n) is 7.60. The minimum atomic E-state index is 0.168. The average Bonchev–Trinajstić information content (AvgIpc) is 2.46. The molecule has 0 spiro atoms. The van der Waals surface area contributed by atoms with Crippen LogP contribution in [0.5, 0.6) is 0 Å². The van der Waals surface area contributed by atoms with Crippen molar-refractivity contribution in [2.24, 2.45) is 5.92 Å². The van der Waals surface area contributed by atoms with Gasteiger partial charge in [-0.3, -0.25) is 4.79 Å². The van der Waals surface area contributed by atoms with Crippen LogP contribution in [0.2, 0.25) is 0 Å². The van der Waals surface area contributed by atoms with E-state index in [1.54, 1.807) is 0 Å². The van der Waals surface area contributed by atoms with Crippen molar-refractivity contribution in [3.05, 3.63) is 35.4 Å². The third kappa shape index (κ3) is 4.82. The zero-order chi connectivity index (χ0) is 14.4. The number of hydrogen-bond donors (Lipinski definition) is 1. The van der Waals surface area contributed by atoms with Gasteiger partial charge < -0.3 is 5.32 Å². The number of rotatable bonds is 5.